The molecule has 1 N–H and O–H groups in total. The molecule has 0 spiro atoms. The summed E-state index contributed by atoms with van der Waals surface area (Å²) in [5.74, 6) is 1.73. The van der Waals surface area contributed by atoms with Crippen molar-refractivity contribution in [2.45, 2.75) is 45.6 Å². The van der Waals surface area contributed by atoms with Gasteiger partial charge in [0.25, 0.3) is 5.69 Å². The van der Waals surface area contributed by atoms with E-state index in [2.05, 4.69) is 12.2 Å². The average molecular weight is 311 g/mol. The first-order valence-electron chi connectivity index (χ1n) is 7.70. The summed E-state index contributed by atoms with van der Waals surface area (Å²) < 4.78 is 0. The second-order valence-corrected chi connectivity index (χ2v) is 6.54. The molecule has 0 atom stereocenters. The van der Waals surface area contributed by atoms with Crippen LogP contribution in [-0.2, 0) is 6.54 Å². The quantitative estimate of drug-likeness (QED) is 0.476. The molecule has 5 heteroatoms. The van der Waals surface area contributed by atoms with E-state index in [0.717, 1.165) is 23.9 Å². The molecule has 0 bridgehead atoms. The summed E-state index contributed by atoms with van der Waals surface area (Å²) in [7, 11) is 0. The fourth-order valence-electron chi connectivity index (χ4n) is 2.96. The molecular formula is C16H23ClN2O2. The van der Waals surface area contributed by atoms with E-state index in [4.69, 9.17) is 11.6 Å². The van der Waals surface area contributed by atoms with Gasteiger partial charge in [-0.25, -0.2) is 0 Å². The molecule has 0 radical (unpaired) electrons. The fourth-order valence-corrected chi connectivity index (χ4v) is 3.15. The predicted octanol–water partition coefficient (Wildman–Crippen LogP) is 4.55. The minimum Gasteiger partial charge on any atom is -0.313 e. The first-order valence-corrected chi connectivity index (χ1v) is 8.07. The lowest BCUT2D eigenvalue weighted by atomic mass is 9.81. The molecule has 0 saturated heterocycles. The Morgan fingerprint density at radius 3 is 2.71 bits per heavy atom. The molecule has 2 rings (SSSR count). The summed E-state index contributed by atoms with van der Waals surface area (Å²) in [6, 6.07) is 4.99. The monoisotopic (exact) mass is 310 g/mol. The number of halogens is 1. The lowest BCUT2D eigenvalue weighted by Gasteiger charge is -2.26. The Labute approximate surface area is 131 Å². The number of nitrogens with zero attached hydrogens (tertiary/aromatic N) is 1. The zero-order valence-electron chi connectivity index (χ0n) is 12.5. The Bertz CT molecular complexity index is 485. The van der Waals surface area contributed by atoms with Crippen LogP contribution in [0.15, 0.2) is 18.2 Å². The summed E-state index contributed by atoms with van der Waals surface area (Å²) in [4.78, 5) is 10.4. The van der Waals surface area contributed by atoms with Crippen molar-refractivity contribution in [3.05, 3.63) is 38.9 Å². The van der Waals surface area contributed by atoms with E-state index in [9.17, 15) is 10.1 Å². The zero-order chi connectivity index (χ0) is 15.2. The van der Waals surface area contributed by atoms with Gasteiger partial charge in [0.15, 0.2) is 0 Å². The van der Waals surface area contributed by atoms with E-state index in [1.807, 2.05) is 6.07 Å². The fraction of sp³-hybridized carbons (Fsp3) is 0.625. The molecule has 0 aliphatic heterocycles. The van der Waals surface area contributed by atoms with Crippen molar-refractivity contribution >= 4 is 17.3 Å². The smallest absolute Gasteiger partial charge is 0.288 e. The van der Waals surface area contributed by atoms with Crippen LogP contribution in [0.25, 0.3) is 0 Å². The van der Waals surface area contributed by atoms with E-state index in [0.29, 0.717) is 6.54 Å². The Morgan fingerprint density at radius 2 is 2.05 bits per heavy atom. The molecule has 1 aliphatic rings. The van der Waals surface area contributed by atoms with Gasteiger partial charge in [-0.2, -0.15) is 0 Å². The molecule has 1 fully saturated rings. The van der Waals surface area contributed by atoms with Crippen LogP contribution in [0.5, 0.6) is 0 Å². The lowest BCUT2D eigenvalue weighted by molar-refractivity contribution is -0.384. The topological polar surface area (TPSA) is 55.2 Å². The second kappa shape index (κ2) is 7.76. The highest BCUT2D eigenvalue weighted by Crippen LogP contribution is 2.30. The van der Waals surface area contributed by atoms with Crippen molar-refractivity contribution < 1.29 is 4.92 Å². The summed E-state index contributed by atoms with van der Waals surface area (Å²) in [6.07, 6.45) is 6.59. The van der Waals surface area contributed by atoms with Crippen LogP contribution in [0.1, 0.15) is 44.6 Å². The van der Waals surface area contributed by atoms with E-state index in [1.54, 1.807) is 12.1 Å². The van der Waals surface area contributed by atoms with Gasteiger partial charge in [-0.3, -0.25) is 10.1 Å². The molecule has 0 aromatic heterocycles. The van der Waals surface area contributed by atoms with Gasteiger partial charge >= 0.3 is 0 Å². The van der Waals surface area contributed by atoms with Gasteiger partial charge in [0.2, 0.25) is 0 Å². The van der Waals surface area contributed by atoms with Crippen molar-refractivity contribution in [2.24, 2.45) is 11.8 Å². The highest BCUT2D eigenvalue weighted by atomic mass is 35.5. The number of benzene rings is 1. The van der Waals surface area contributed by atoms with Gasteiger partial charge in [0.05, 0.1) is 4.92 Å². The molecular weight excluding hydrogens is 288 g/mol. The molecule has 4 nitrogen and oxygen atoms in total. The molecule has 1 saturated carbocycles. The molecule has 0 unspecified atom stereocenters. The maximum atomic E-state index is 10.8. The Balaban J connectivity index is 1.73. The molecule has 21 heavy (non-hydrogen) atoms. The largest absolute Gasteiger partial charge is 0.313 e. The average Bonchev–Trinajstić information content (AvgIpc) is 2.46. The van der Waals surface area contributed by atoms with Crippen LogP contribution in [0.2, 0.25) is 5.02 Å². The van der Waals surface area contributed by atoms with Crippen LogP contribution in [0, 0.1) is 22.0 Å². The second-order valence-electron chi connectivity index (χ2n) is 6.13. The van der Waals surface area contributed by atoms with Gasteiger partial charge in [-0.05, 0) is 36.4 Å². The van der Waals surface area contributed by atoms with Gasteiger partial charge in [-0.1, -0.05) is 50.3 Å². The number of nitrogens with one attached hydrogen (secondary N) is 1. The minimum atomic E-state index is -0.435. The van der Waals surface area contributed by atoms with Crippen molar-refractivity contribution in [3.8, 4) is 0 Å². The Kier molecular flexibility index (Phi) is 6.00. The van der Waals surface area contributed by atoms with Crippen LogP contribution in [-0.4, -0.2) is 11.5 Å². The van der Waals surface area contributed by atoms with Crippen LogP contribution in [0.3, 0.4) is 0 Å². The van der Waals surface area contributed by atoms with E-state index < -0.39 is 4.92 Å². The highest BCUT2D eigenvalue weighted by molar-refractivity contribution is 6.32. The Hall–Kier alpha value is -1.13. The molecule has 0 heterocycles. The number of rotatable bonds is 6. The number of nitro groups is 1. The molecule has 1 aromatic rings. The van der Waals surface area contributed by atoms with Crippen LogP contribution in [0.4, 0.5) is 5.69 Å². The summed E-state index contributed by atoms with van der Waals surface area (Å²) in [6.45, 7) is 3.96. The van der Waals surface area contributed by atoms with Gasteiger partial charge < -0.3 is 5.32 Å². The van der Waals surface area contributed by atoms with E-state index in [1.165, 1.54) is 32.1 Å². The number of hydrogen-bond acceptors (Lipinski definition) is 3. The molecule has 116 valence electrons. The third kappa shape index (κ3) is 4.97. The standard InChI is InChI=1S/C16H23ClN2O2/c1-12-2-4-13(5-3-12)8-9-18-11-14-6-7-15(17)16(10-14)19(20)21/h6-7,10,12-13,18H,2-5,8-9,11H2,1H3. The first-order chi connectivity index (χ1) is 10.1. The number of hydrogen-bond donors (Lipinski definition) is 1. The third-order valence-corrected chi connectivity index (χ3v) is 4.72. The molecule has 1 aromatic carbocycles. The Morgan fingerprint density at radius 1 is 1.33 bits per heavy atom. The number of nitro benzene ring substituents is 1. The molecule has 0 amide bonds. The predicted molar refractivity (Wildman–Crippen MR) is 85.6 cm³/mol. The van der Waals surface area contributed by atoms with Gasteiger partial charge in [-0.15, -0.1) is 0 Å². The third-order valence-electron chi connectivity index (χ3n) is 4.40. The SMILES string of the molecule is CC1CCC(CCNCc2ccc(Cl)c([N+](=O)[O-])c2)CC1. The minimum absolute atomic E-state index is 0.0164. The van der Waals surface area contributed by atoms with E-state index in [-0.39, 0.29) is 10.7 Å². The van der Waals surface area contributed by atoms with Gasteiger partial charge in [0.1, 0.15) is 5.02 Å². The summed E-state index contributed by atoms with van der Waals surface area (Å²) in [5, 5.41) is 14.4. The summed E-state index contributed by atoms with van der Waals surface area (Å²) >= 11 is 5.80. The van der Waals surface area contributed by atoms with Crippen molar-refractivity contribution in [2.75, 3.05) is 6.54 Å². The lowest BCUT2D eigenvalue weighted by Crippen LogP contribution is -2.20. The molecule has 1 aliphatic carbocycles. The first kappa shape index (κ1) is 16.2. The maximum Gasteiger partial charge on any atom is 0.288 e. The van der Waals surface area contributed by atoms with Gasteiger partial charge in [0, 0.05) is 12.6 Å². The zero-order valence-corrected chi connectivity index (χ0v) is 13.2. The maximum absolute atomic E-state index is 10.8. The summed E-state index contributed by atoms with van der Waals surface area (Å²) in [5.41, 5.74) is 0.889. The normalized spacial score (nSPS) is 22.2. The van der Waals surface area contributed by atoms with Crippen LogP contribution >= 0.6 is 11.6 Å². The van der Waals surface area contributed by atoms with Crippen molar-refractivity contribution in [1.82, 2.24) is 5.32 Å². The van der Waals surface area contributed by atoms with E-state index >= 15 is 0 Å². The van der Waals surface area contributed by atoms with Crippen LogP contribution < -0.4 is 5.32 Å². The highest BCUT2D eigenvalue weighted by Gasteiger charge is 2.17. The van der Waals surface area contributed by atoms with Crippen molar-refractivity contribution in [3.63, 3.8) is 0 Å². The van der Waals surface area contributed by atoms with Crippen molar-refractivity contribution in [1.29, 1.82) is 0 Å².